The highest BCUT2D eigenvalue weighted by atomic mass is 16.2. The number of carbonyl (C=O) groups excluding carboxylic acids is 1. The lowest BCUT2D eigenvalue weighted by molar-refractivity contribution is -0.138. The van der Waals surface area contributed by atoms with E-state index in [1.54, 1.807) is 13.8 Å². The quantitative estimate of drug-likeness (QED) is 0.638. The first-order chi connectivity index (χ1) is 6.38. The second-order valence-electron chi connectivity index (χ2n) is 4.88. The normalized spacial score (nSPS) is 27.5. The van der Waals surface area contributed by atoms with Crippen LogP contribution >= 0.6 is 0 Å². The summed E-state index contributed by atoms with van der Waals surface area (Å²) in [6.07, 6.45) is 1.05. The number of hydrogen-bond donors (Lipinski definition) is 0. The van der Waals surface area contributed by atoms with Crippen molar-refractivity contribution in [1.29, 1.82) is 5.26 Å². The van der Waals surface area contributed by atoms with Gasteiger partial charge in [-0.15, -0.1) is 0 Å². The lowest BCUT2D eigenvalue weighted by atomic mass is 9.93. The summed E-state index contributed by atoms with van der Waals surface area (Å²) < 4.78 is 0. The Morgan fingerprint density at radius 1 is 1.50 bits per heavy atom. The molecule has 0 aromatic rings. The smallest absolute Gasteiger partial charge is 0.242 e. The van der Waals surface area contributed by atoms with E-state index in [0.717, 1.165) is 13.0 Å². The maximum atomic E-state index is 12.0. The van der Waals surface area contributed by atoms with Crippen molar-refractivity contribution >= 4 is 5.91 Å². The van der Waals surface area contributed by atoms with E-state index in [-0.39, 0.29) is 11.9 Å². The molecule has 0 aromatic carbocycles. The van der Waals surface area contributed by atoms with Crippen molar-refractivity contribution in [3.05, 3.63) is 0 Å². The lowest BCUT2D eigenvalue weighted by Crippen LogP contribution is -2.42. The van der Waals surface area contributed by atoms with Crippen LogP contribution in [0.4, 0.5) is 0 Å². The van der Waals surface area contributed by atoms with Crippen LogP contribution in [-0.4, -0.2) is 23.4 Å². The Hall–Kier alpha value is -1.04. The van der Waals surface area contributed by atoms with Gasteiger partial charge in [0.25, 0.3) is 0 Å². The van der Waals surface area contributed by atoms with E-state index in [2.05, 4.69) is 19.9 Å². The van der Waals surface area contributed by atoms with Crippen LogP contribution < -0.4 is 0 Å². The van der Waals surface area contributed by atoms with Gasteiger partial charge in [0.1, 0.15) is 5.41 Å². The third-order valence-corrected chi connectivity index (χ3v) is 2.86. The molecule has 1 fully saturated rings. The minimum absolute atomic E-state index is 0.0307. The van der Waals surface area contributed by atoms with E-state index in [1.807, 2.05) is 4.90 Å². The Morgan fingerprint density at radius 3 is 2.43 bits per heavy atom. The maximum absolute atomic E-state index is 12.0. The molecule has 0 spiro atoms. The molecule has 1 heterocycles. The van der Waals surface area contributed by atoms with E-state index in [9.17, 15) is 4.79 Å². The fourth-order valence-corrected chi connectivity index (χ4v) is 1.99. The number of carbonyl (C=O) groups is 1. The third-order valence-electron chi connectivity index (χ3n) is 2.86. The van der Waals surface area contributed by atoms with Gasteiger partial charge in [0.2, 0.25) is 5.91 Å². The largest absolute Gasteiger partial charge is 0.338 e. The number of hydrogen-bond acceptors (Lipinski definition) is 2. The van der Waals surface area contributed by atoms with Gasteiger partial charge in [-0.25, -0.2) is 0 Å². The zero-order valence-corrected chi connectivity index (χ0v) is 9.37. The molecule has 0 N–H and O–H groups in total. The zero-order chi connectivity index (χ0) is 10.9. The predicted molar refractivity (Wildman–Crippen MR) is 54.4 cm³/mol. The van der Waals surface area contributed by atoms with Gasteiger partial charge in [0.15, 0.2) is 0 Å². The summed E-state index contributed by atoms with van der Waals surface area (Å²) in [6, 6.07) is 2.34. The van der Waals surface area contributed by atoms with Crippen molar-refractivity contribution in [2.75, 3.05) is 6.54 Å². The minimum atomic E-state index is -0.877. The van der Waals surface area contributed by atoms with E-state index in [0.29, 0.717) is 5.92 Å². The standard InChI is InChI=1S/C11H18N2O/c1-8-5-9(2)13(6-8)10(14)11(3,4)7-12/h8-9H,5-6H2,1-4H3. The van der Waals surface area contributed by atoms with E-state index < -0.39 is 5.41 Å². The van der Waals surface area contributed by atoms with Crippen molar-refractivity contribution < 1.29 is 4.79 Å². The van der Waals surface area contributed by atoms with Gasteiger partial charge in [0.05, 0.1) is 6.07 Å². The third kappa shape index (κ3) is 1.89. The second kappa shape index (κ2) is 3.61. The second-order valence-corrected chi connectivity index (χ2v) is 4.88. The molecule has 0 bridgehead atoms. The Balaban J connectivity index is 2.77. The van der Waals surface area contributed by atoms with Gasteiger partial charge in [0, 0.05) is 12.6 Å². The molecule has 14 heavy (non-hydrogen) atoms. The van der Waals surface area contributed by atoms with Gasteiger partial charge in [-0.05, 0) is 33.1 Å². The topological polar surface area (TPSA) is 44.1 Å². The summed E-state index contributed by atoms with van der Waals surface area (Å²) in [7, 11) is 0. The van der Waals surface area contributed by atoms with E-state index in [4.69, 9.17) is 5.26 Å². The molecule has 1 rings (SSSR count). The van der Waals surface area contributed by atoms with Gasteiger partial charge in [-0.3, -0.25) is 4.79 Å². The molecule has 0 aromatic heterocycles. The molecular weight excluding hydrogens is 176 g/mol. The molecule has 1 saturated heterocycles. The Bertz CT molecular complexity index is 278. The summed E-state index contributed by atoms with van der Waals surface area (Å²) in [5.74, 6) is 0.528. The molecule has 0 aliphatic carbocycles. The number of amides is 1. The number of likely N-dealkylation sites (tertiary alicyclic amines) is 1. The SMILES string of the molecule is CC1CC(C)N(C(=O)C(C)(C)C#N)C1. The average Bonchev–Trinajstić information content (AvgIpc) is 2.44. The summed E-state index contributed by atoms with van der Waals surface area (Å²) in [5.41, 5.74) is -0.877. The minimum Gasteiger partial charge on any atom is -0.338 e. The first kappa shape index (κ1) is 11.0. The van der Waals surface area contributed by atoms with Gasteiger partial charge < -0.3 is 4.90 Å². The van der Waals surface area contributed by atoms with Crippen molar-refractivity contribution in [1.82, 2.24) is 4.90 Å². The van der Waals surface area contributed by atoms with Crippen molar-refractivity contribution in [3.63, 3.8) is 0 Å². The Labute approximate surface area is 85.7 Å². The fraction of sp³-hybridized carbons (Fsp3) is 0.818. The maximum Gasteiger partial charge on any atom is 0.242 e. The summed E-state index contributed by atoms with van der Waals surface area (Å²) >= 11 is 0. The first-order valence-electron chi connectivity index (χ1n) is 5.11. The molecule has 2 atom stereocenters. The van der Waals surface area contributed by atoms with Crippen LogP contribution in [0.15, 0.2) is 0 Å². The average molecular weight is 194 g/mol. The van der Waals surface area contributed by atoms with Crippen LogP contribution in [0, 0.1) is 22.7 Å². The summed E-state index contributed by atoms with van der Waals surface area (Å²) in [5, 5.41) is 8.88. The molecule has 0 saturated carbocycles. The van der Waals surface area contributed by atoms with Crippen LogP contribution in [0.3, 0.4) is 0 Å². The van der Waals surface area contributed by atoms with E-state index in [1.165, 1.54) is 0 Å². The molecule has 0 radical (unpaired) electrons. The molecule has 3 nitrogen and oxygen atoms in total. The highest BCUT2D eigenvalue weighted by molar-refractivity contribution is 5.85. The number of nitrogens with zero attached hydrogens (tertiary/aromatic N) is 2. The van der Waals surface area contributed by atoms with Crippen LogP contribution in [-0.2, 0) is 4.79 Å². The summed E-state index contributed by atoms with van der Waals surface area (Å²) in [4.78, 5) is 13.8. The van der Waals surface area contributed by atoms with Gasteiger partial charge in [-0.2, -0.15) is 5.26 Å². The molecule has 1 aliphatic rings. The van der Waals surface area contributed by atoms with Crippen molar-refractivity contribution in [3.8, 4) is 6.07 Å². The zero-order valence-electron chi connectivity index (χ0n) is 9.37. The van der Waals surface area contributed by atoms with Crippen LogP contribution in [0.25, 0.3) is 0 Å². The van der Waals surface area contributed by atoms with Crippen molar-refractivity contribution in [2.45, 2.75) is 40.2 Å². The Morgan fingerprint density at radius 2 is 2.07 bits per heavy atom. The van der Waals surface area contributed by atoms with Gasteiger partial charge >= 0.3 is 0 Å². The summed E-state index contributed by atoms with van der Waals surface area (Å²) in [6.45, 7) is 8.36. The molecule has 1 aliphatic heterocycles. The fourth-order valence-electron chi connectivity index (χ4n) is 1.99. The molecule has 2 unspecified atom stereocenters. The lowest BCUT2D eigenvalue weighted by Gasteiger charge is -2.27. The van der Waals surface area contributed by atoms with Crippen LogP contribution in [0.2, 0.25) is 0 Å². The number of nitriles is 1. The van der Waals surface area contributed by atoms with Crippen LogP contribution in [0.5, 0.6) is 0 Å². The molecule has 1 amide bonds. The van der Waals surface area contributed by atoms with Crippen LogP contribution in [0.1, 0.15) is 34.1 Å². The first-order valence-corrected chi connectivity index (χ1v) is 5.11. The number of rotatable bonds is 1. The highest BCUT2D eigenvalue weighted by Gasteiger charge is 2.38. The predicted octanol–water partition coefficient (Wildman–Crippen LogP) is 1.79. The molecule has 3 heteroatoms. The molecule has 78 valence electrons. The van der Waals surface area contributed by atoms with Gasteiger partial charge in [-0.1, -0.05) is 6.92 Å². The monoisotopic (exact) mass is 194 g/mol. The van der Waals surface area contributed by atoms with Crippen molar-refractivity contribution in [2.24, 2.45) is 11.3 Å². The Kier molecular flexibility index (Phi) is 2.84. The van der Waals surface area contributed by atoms with E-state index >= 15 is 0 Å². The highest BCUT2D eigenvalue weighted by Crippen LogP contribution is 2.27. The molecular formula is C11H18N2O.